The van der Waals surface area contributed by atoms with Gasteiger partial charge in [0.2, 0.25) is 0 Å². The minimum absolute atomic E-state index is 0.919. The number of hydrogen-bond acceptors (Lipinski definition) is 2. The maximum absolute atomic E-state index is 6.32. The van der Waals surface area contributed by atoms with Crippen molar-refractivity contribution in [2.45, 2.75) is 0 Å². The summed E-state index contributed by atoms with van der Waals surface area (Å²) in [5.41, 5.74) is 12.2. The monoisotopic (exact) mass is 563 g/mol. The van der Waals surface area contributed by atoms with Crippen LogP contribution in [0.2, 0.25) is 0 Å². The summed E-state index contributed by atoms with van der Waals surface area (Å²) in [4.78, 5) is 2.28. The number of para-hydroxylation sites is 4. The zero-order chi connectivity index (χ0) is 29.3. The van der Waals surface area contributed by atoms with Gasteiger partial charge in [0.15, 0.2) is 0 Å². The van der Waals surface area contributed by atoms with Crippen LogP contribution in [-0.2, 0) is 0 Å². The molecular weight excluding hydrogens is 534 g/mol. The first-order chi connectivity index (χ1) is 21.8. The molecule has 0 bridgehead atoms. The van der Waals surface area contributed by atoms with Crippen LogP contribution in [0.3, 0.4) is 0 Å². The Bertz CT molecular complexity index is 2160. The van der Waals surface area contributed by atoms with Gasteiger partial charge in [-0.15, -0.1) is 0 Å². The number of fused-ring (bicyclic) bond motifs is 3. The largest absolute Gasteiger partial charge is 0.455 e. The second kappa shape index (κ2) is 11.1. The minimum atomic E-state index is 0.919. The van der Waals surface area contributed by atoms with Crippen molar-refractivity contribution in [1.82, 2.24) is 0 Å². The Kier molecular flexibility index (Phi) is 6.51. The molecular formula is C42H29NO. The van der Waals surface area contributed by atoms with Crippen molar-refractivity contribution in [2.75, 3.05) is 4.90 Å². The summed E-state index contributed by atoms with van der Waals surface area (Å²) < 4.78 is 6.32. The zero-order valence-corrected chi connectivity index (χ0v) is 24.1. The highest BCUT2D eigenvalue weighted by Gasteiger charge is 2.14. The maximum Gasteiger partial charge on any atom is 0.143 e. The molecule has 0 unspecified atom stereocenters. The standard InChI is InChI=1S/C42H29NO/c1-3-13-35(14-4-1)43(36-15-5-2-6-16-36)37-27-25-31(26-28-37)30-21-23-32(24-22-30)33-11-9-12-34(29-33)38-18-10-19-40-39-17-7-8-20-41(39)44-42(38)40/h1-29H. The van der Waals surface area contributed by atoms with Crippen LogP contribution in [0, 0.1) is 0 Å². The summed E-state index contributed by atoms with van der Waals surface area (Å²) in [5, 5.41) is 2.30. The molecule has 0 fully saturated rings. The average molecular weight is 564 g/mol. The van der Waals surface area contributed by atoms with E-state index in [1.807, 2.05) is 12.1 Å². The summed E-state index contributed by atoms with van der Waals surface area (Å²) in [6.45, 7) is 0. The van der Waals surface area contributed by atoms with Crippen LogP contribution in [0.4, 0.5) is 17.1 Å². The van der Waals surface area contributed by atoms with Crippen molar-refractivity contribution >= 4 is 39.0 Å². The van der Waals surface area contributed by atoms with Crippen molar-refractivity contribution in [3.8, 4) is 33.4 Å². The number of nitrogens with zero attached hydrogens (tertiary/aromatic N) is 1. The first-order valence-corrected chi connectivity index (χ1v) is 14.9. The lowest BCUT2D eigenvalue weighted by Gasteiger charge is -2.25. The van der Waals surface area contributed by atoms with E-state index in [2.05, 4.69) is 169 Å². The minimum Gasteiger partial charge on any atom is -0.455 e. The first kappa shape index (κ1) is 25.8. The van der Waals surface area contributed by atoms with Crippen LogP contribution < -0.4 is 4.90 Å². The summed E-state index contributed by atoms with van der Waals surface area (Å²) in [7, 11) is 0. The molecule has 0 spiro atoms. The molecule has 2 nitrogen and oxygen atoms in total. The van der Waals surface area contributed by atoms with E-state index < -0.39 is 0 Å². The fraction of sp³-hybridized carbons (Fsp3) is 0. The molecule has 0 aliphatic carbocycles. The highest BCUT2D eigenvalue weighted by Crippen LogP contribution is 2.38. The Balaban J connectivity index is 1.08. The molecule has 0 aliphatic heterocycles. The predicted octanol–water partition coefficient (Wildman–Crippen LogP) is 12.1. The zero-order valence-electron chi connectivity index (χ0n) is 24.1. The predicted molar refractivity (Wildman–Crippen MR) is 185 cm³/mol. The molecule has 7 aromatic carbocycles. The van der Waals surface area contributed by atoms with Crippen LogP contribution in [0.5, 0.6) is 0 Å². The highest BCUT2D eigenvalue weighted by atomic mass is 16.3. The van der Waals surface area contributed by atoms with Gasteiger partial charge in [-0.3, -0.25) is 0 Å². The van der Waals surface area contributed by atoms with Crippen LogP contribution >= 0.6 is 0 Å². The summed E-state index contributed by atoms with van der Waals surface area (Å²) in [6.07, 6.45) is 0. The molecule has 0 saturated heterocycles. The molecule has 208 valence electrons. The number of rotatable bonds is 6. The van der Waals surface area contributed by atoms with Gasteiger partial charge in [-0.2, -0.15) is 0 Å². The summed E-state index contributed by atoms with van der Waals surface area (Å²) in [6, 6.07) is 62.0. The third kappa shape index (κ3) is 4.73. The van der Waals surface area contributed by atoms with Gasteiger partial charge in [0.25, 0.3) is 0 Å². The quantitative estimate of drug-likeness (QED) is 0.200. The highest BCUT2D eigenvalue weighted by molar-refractivity contribution is 6.09. The Morgan fingerprint density at radius 2 is 0.841 bits per heavy atom. The molecule has 1 aromatic heterocycles. The van der Waals surface area contributed by atoms with Crippen molar-refractivity contribution in [2.24, 2.45) is 0 Å². The normalized spacial score (nSPS) is 11.2. The number of benzene rings is 7. The van der Waals surface area contributed by atoms with Gasteiger partial charge in [-0.05, 0) is 76.3 Å². The lowest BCUT2D eigenvalue weighted by molar-refractivity contribution is 0.670. The van der Waals surface area contributed by atoms with E-state index in [1.54, 1.807) is 0 Å². The van der Waals surface area contributed by atoms with E-state index in [0.717, 1.165) is 50.1 Å². The smallest absolute Gasteiger partial charge is 0.143 e. The Hall–Kier alpha value is -5.86. The van der Waals surface area contributed by atoms with E-state index in [4.69, 9.17) is 4.42 Å². The topological polar surface area (TPSA) is 16.4 Å². The fourth-order valence-corrected chi connectivity index (χ4v) is 6.10. The summed E-state index contributed by atoms with van der Waals surface area (Å²) >= 11 is 0. The molecule has 8 rings (SSSR count). The van der Waals surface area contributed by atoms with Gasteiger partial charge in [0.1, 0.15) is 11.2 Å². The molecule has 0 amide bonds. The van der Waals surface area contributed by atoms with E-state index >= 15 is 0 Å². The molecule has 0 saturated carbocycles. The third-order valence-electron chi connectivity index (χ3n) is 8.28. The van der Waals surface area contributed by atoms with E-state index in [9.17, 15) is 0 Å². The van der Waals surface area contributed by atoms with Gasteiger partial charge < -0.3 is 9.32 Å². The number of hydrogen-bond donors (Lipinski definition) is 0. The first-order valence-electron chi connectivity index (χ1n) is 14.9. The molecule has 0 aliphatic rings. The van der Waals surface area contributed by atoms with Crippen LogP contribution in [0.25, 0.3) is 55.3 Å². The van der Waals surface area contributed by atoms with Crippen LogP contribution in [0.1, 0.15) is 0 Å². The fourth-order valence-electron chi connectivity index (χ4n) is 6.10. The Labute approximate surface area is 257 Å². The Morgan fingerprint density at radius 3 is 1.52 bits per heavy atom. The molecule has 0 atom stereocenters. The van der Waals surface area contributed by atoms with Gasteiger partial charge >= 0.3 is 0 Å². The van der Waals surface area contributed by atoms with Crippen molar-refractivity contribution in [3.63, 3.8) is 0 Å². The van der Waals surface area contributed by atoms with Gasteiger partial charge in [-0.1, -0.05) is 127 Å². The van der Waals surface area contributed by atoms with E-state index in [-0.39, 0.29) is 0 Å². The van der Waals surface area contributed by atoms with Crippen molar-refractivity contribution in [1.29, 1.82) is 0 Å². The number of furan rings is 1. The second-order valence-electron chi connectivity index (χ2n) is 11.0. The molecule has 2 heteroatoms. The number of anilines is 3. The second-order valence-corrected chi connectivity index (χ2v) is 11.0. The molecule has 0 radical (unpaired) electrons. The third-order valence-corrected chi connectivity index (χ3v) is 8.28. The molecule has 1 heterocycles. The van der Waals surface area contributed by atoms with Gasteiger partial charge in [0.05, 0.1) is 0 Å². The SMILES string of the molecule is c1ccc(N(c2ccccc2)c2ccc(-c3ccc(-c4cccc(-c5cccc6c5oc5ccccc56)c4)cc3)cc2)cc1. The molecule has 0 N–H and O–H groups in total. The lowest BCUT2D eigenvalue weighted by Crippen LogP contribution is -2.09. The summed E-state index contributed by atoms with van der Waals surface area (Å²) in [5.74, 6) is 0. The Morgan fingerprint density at radius 1 is 0.341 bits per heavy atom. The molecule has 8 aromatic rings. The van der Waals surface area contributed by atoms with Crippen LogP contribution in [-0.4, -0.2) is 0 Å². The van der Waals surface area contributed by atoms with Crippen LogP contribution in [0.15, 0.2) is 180 Å². The average Bonchev–Trinajstić information content (AvgIpc) is 3.49. The van der Waals surface area contributed by atoms with Gasteiger partial charge in [0, 0.05) is 33.4 Å². The van der Waals surface area contributed by atoms with E-state index in [0.29, 0.717) is 0 Å². The van der Waals surface area contributed by atoms with Crippen molar-refractivity contribution < 1.29 is 4.42 Å². The van der Waals surface area contributed by atoms with E-state index in [1.165, 1.54) is 22.3 Å². The van der Waals surface area contributed by atoms with Gasteiger partial charge in [-0.25, -0.2) is 0 Å². The lowest BCUT2D eigenvalue weighted by atomic mass is 9.96. The maximum atomic E-state index is 6.32. The van der Waals surface area contributed by atoms with Crippen molar-refractivity contribution in [3.05, 3.63) is 176 Å². The molecule has 44 heavy (non-hydrogen) atoms.